The van der Waals surface area contributed by atoms with Crippen LogP contribution in [0, 0.1) is 12.7 Å². The van der Waals surface area contributed by atoms with Gasteiger partial charge in [-0.2, -0.15) is 0 Å². The summed E-state index contributed by atoms with van der Waals surface area (Å²) < 4.78 is 15.0. The highest BCUT2D eigenvalue weighted by Crippen LogP contribution is 2.28. The third-order valence-electron chi connectivity index (χ3n) is 2.71. The molecular formula is C12H15FN4. The molecule has 0 aliphatic carbocycles. The minimum atomic E-state index is -0.344. The number of rotatable bonds is 2. The third kappa shape index (κ3) is 1.84. The number of benzene rings is 1. The summed E-state index contributed by atoms with van der Waals surface area (Å²) in [7, 11) is 0. The Hall–Kier alpha value is -2.04. The van der Waals surface area contributed by atoms with Gasteiger partial charge in [0, 0.05) is 12.0 Å². The van der Waals surface area contributed by atoms with Crippen LogP contribution in [0.1, 0.15) is 18.3 Å². The molecule has 4 nitrogen and oxygen atoms in total. The molecule has 1 heterocycles. The first kappa shape index (κ1) is 11.4. The van der Waals surface area contributed by atoms with Crippen molar-refractivity contribution >= 4 is 5.82 Å². The van der Waals surface area contributed by atoms with E-state index >= 15 is 0 Å². The number of nitrogen functional groups attached to an aromatic ring is 2. The van der Waals surface area contributed by atoms with Crippen molar-refractivity contribution in [1.29, 1.82) is 0 Å². The maximum Gasteiger partial charge on any atom is 0.150 e. The van der Waals surface area contributed by atoms with Gasteiger partial charge in [-0.15, -0.1) is 0 Å². The third-order valence-corrected chi connectivity index (χ3v) is 2.71. The molecular weight excluding hydrogens is 219 g/mol. The van der Waals surface area contributed by atoms with Gasteiger partial charge in [0.1, 0.15) is 17.3 Å². The summed E-state index contributed by atoms with van der Waals surface area (Å²) in [5.41, 5.74) is 7.59. The molecule has 0 saturated heterocycles. The summed E-state index contributed by atoms with van der Waals surface area (Å²) in [5, 5.41) is 0. The molecule has 5 heteroatoms. The van der Waals surface area contributed by atoms with Crippen LogP contribution >= 0.6 is 0 Å². The molecule has 0 spiro atoms. The van der Waals surface area contributed by atoms with E-state index in [1.54, 1.807) is 12.1 Å². The highest BCUT2D eigenvalue weighted by Gasteiger charge is 2.16. The van der Waals surface area contributed by atoms with Crippen LogP contribution in [0.25, 0.3) is 11.3 Å². The van der Waals surface area contributed by atoms with E-state index in [4.69, 9.17) is 11.6 Å². The van der Waals surface area contributed by atoms with E-state index < -0.39 is 0 Å². The van der Waals surface area contributed by atoms with Gasteiger partial charge in [-0.1, -0.05) is 18.6 Å². The van der Waals surface area contributed by atoms with E-state index in [1.807, 2.05) is 13.8 Å². The maximum atomic E-state index is 13.7. The largest absolute Gasteiger partial charge is 0.382 e. The van der Waals surface area contributed by atoms with Crippen molar-refractivity contribution in [3.63, 3.8) is 0 Å². The fraction of sp³-hybridized carbons (Fsp3) is 0.250. The number of hydrogen-bond acceptors (Lipinski definition) is 3. The van der Waals surface area contributed by atoms with Gasteiger partial charge in [-0.3, -0.25) is 0 Å². The van der Waals surface area contributed by atoms with Crippen LogP contribution in [0.4, 0.5) is 10.2 Å². The molecule has 0 aliphatic rings. The summed E-state index contributed by atoms with van der Waals surface area (Å²) >= 11 is 0. The summed E-state index contributed by atoms with van der Waals surface area (Å²) in [6.45, 7) is 3.81. The number of anilines is 1. The van der Waals surface area contributed by atoms with Gasteiger partial charge in [0.05, 0.1) is 0 Å². The number of nitrogens with two attached hydrogens (primary N) is 2. The summed E-state index contributed by atoms with van der Waals surface area (Å²) in [4.78, 5) is 4.27. The molecule has 1 aromatic carbocycles. The number of nitrogens with zero attached hydrogens (tertiary/aromatic N) is 2. The predicted octanol–water partition coefficient (Wildman–Crippen LogP) is 1.86. The minimum Gasteiger partial charge on any atom is -0.382 e. The van der Waals surface area contributed by atoms with Gasteiger partial charge >= 0.3 is 0 Å². The lowest BCUT2D eigenvalue weighted by molar-refractivity contribution is 0.630. The zero-order chi connectivity index (χ0) is 12.6. The van der Waals surface area contributed by atoms with Crippen LogP contribution in [-0.4, -0.2) is 9.66 Å². The lowest BCUT2D eigenvalue weighted by atomic mass is 10.1. The standard InChI is InChI=1S/C12H15FN4/c1-3-10-16-11(12(14)17(10)15)8-6-7(2)4-5-9(8)13/h4-6H,3,14-15H2,1-2H3. The molecule has 0 fully saturated rings. The number of imidazole rings is 1. The average molecular weight is 234 g/mol. The Balaban J connectivity index is 2.64. The van der Waals surface area contributed by atoms with Gasteiger partial charge in [-0.25, -0.2) is 14.1 Å². The van der Waals surface area contributed by atoms with E-state index in [1.165, 1.54) is 10.7 Å². The van der Waals surface area contributed by atoms with Crippen molar-refractivity contribution in [1.82, 2.24) is 9.66 Å². The Morgan fingerprint density at radius 2 is 2.12 bits per heavy atom. The van der Waals surface area contributed by atoms with Crippen molar-refractivity contribution in [3.8, 4) is 11.3 Å². The van der Waals surface area contributed by atoms with Crippen LogP contribution in [0.3, 0.4) is 0 Å². The topological polar surface area (TPSA) is 69.9 Å². The lowest BCUT2D eigenvalue weighted by Crippen LogP contribution is -2.14. The smallest absolute Gasteiger partial charge is 0.150 e. The van der Waals surface area contributed by atoms with E-state index in [9.17, 15) is 4.39 Å². The van der Waals surface area contributed by atoms with E-state index in [2.05, 4.69) is 4.98 Å². The van der Waals surface area contributed by atoms with E-state index in [-0.39, 0.29) is 11.6 Å². The van der Waals surface area contributed by atoms with E-state index in [0.717, 1.165) is 5.56 Å². The molecule has 2 aromatic rings. The van der Waals surface area contributed by atoms with E-state index in [0.29, 0.717) is 23.5 Å². The Morgan fingerprint density at radius 1 is 1.41 bits per heavy atom. The number of hydrogen-bond donors (Lipinski definition) is 2. The van der Waals surface area contributed by atoms with Crippen LogP contribution in [0.15, 0.2) is 18.2 Å². The normalized spacial score (nSPS) is 10.8. The molecule has 90 valence electrons. The average Bonchev–Trinajstić information content (AvgIpc) is 2.59. The van der Waals surface area contributed by atoms with Gasteiger partial charge < -0.3 is 11.6 Å². The fourth-order valence-electron chi connectivity index (χ4n) is 1.76. The second kappa shape index (κ2) is 4.08. The second-order valence-electron chi connectivity index (χ2n) is 3.97. The van der Waals surface area contributed by atoms with Crippen LogP contribution in [0.2, 0.25) is 0 Å². The van der Waals surface area contributed by atoms with Gasteiger partial charge in [0.25, 0.3) is 0 Å². The minimum absolute atomic E-state index is 0.284. The first-order valence-electron chi connectivity index (χ1n) is 5.43. The monoisotopic (exact) mass is 234 g/mol. The zero-order valence-electron chi connectivity index (χ0n) is 9.87. The van der Waals surface area contributed by atoms with Crippen LogP contribution in [0.5, 0.6) is 0 Å². The molecule has 0 atom stereocenters. The zero-order valence-corrected chi connectivity index (χ0v) is 9.87. The van der Waals surface area contributed by atoms with Crippen molar-refractivity contribution < 1.29 is 4.39 Å². The molecule has 1 aromatic heterocycles. The Bertz CT molecular complexity index is 560. The highest BCUT2D eigenvalue weighted by atomic mass is 19.1. The predicted molar refractivity (Wildman–Crippen MR) is 66.3 cm³/mol. The van der Waals surface area contributed by atoms with Crippen molar-refractivity contribution in [3.05, 3.63) is 35.4 Å². The molecule has 2 rings (SSSR count). The number of aromatic nitrogens is 2. The summed E-state index contributed by atoms with van der Waals surface area (Å²) in [6, 6.07) is 4.83. The van der Waals surface area contributed by atoms with Gasteiger partial charge in [-0.05, 0) is 19.1 Å². The Labute approximate surface area is 99.0 Å². The van der Waals surface area contributed by atoms with Gasteiger partial charge in [0.15, 0.2) is 5.82 Å². The molecule has 0 aliphatic heterocycles. The van der Waals surface area contributed by atoms with Crippen molar-refractivity contribution in [2.45, 2.75) is 20.3 Å². The Morgan fingerprint density at radius 3 is 2.71 bits per heavy atom. The summed E-state index contributed by atoms with van der Waals surface area (Å²) in [6.07, 6.45) is 0.647. The first-order chi connectivity index (χ1) is 8.04. The molecule has 0 saturated carbocycles. The first-order valence-corrected chi connectivity index (χ1v) is 5.43. The maximum absolute atomic E-state index is 13.7. The number of aryl methyl sites for hydroxylation is 2. The number of halogens is 1. The molecule has 0 unspecified atom stereocenters. The quantitative estimate of drug-likeness (QED) is 0.779. The molecule has 0 radical (unpaired) electrons. The molecule has 0 bridgehead atoms. The lowest BCUT2D eigenvalue weighted by Gasteiger charge is -2.03. The highest BCUT2D eigenvalue weighted by molar-refractivity contribution is 5.72. The van der Waals surface area contributed by atoms with Crippen LogP contribution < -0.4 is 11.6 Å². The molecule has 4 N–H and O–H groups in total. The fourth-order valence-corrected chi connectivity index (χ4v) is 1.76. The van der Waals surface area contributed by atoms with Crippen molar-refractivity contribution in [2.75, 3.05) is 11.6 Å². The molecule has 0 amide bonds. The van der Waals surface area contributed by atoms with Crippen LogP contribution in [-0.2, 0) is 6.42 Å². The van der Waals surface area contributed by atoms with Crippen molar-refractivity contribution in [2.24, 2.45) is 0 Å². The summed E-state index contributed by atoms with van der Waals surface area (Å²) in [5.74, 6) is 6.32. The van der Waals surface area contributed by atoms with Gasteiger partial charge in [0.2, 0.25) is 0 Å². The SMILES string of the molecule is CCc1nc(-c2cc(C)ccc2F)c(N)n1N. The Kier molecular flexibility index (Phi) is 2.75. The second-order valence-corrected chi connectivity index (χ2v) is 3.97. The molecule has 17 heavy (non-hydrogen) atoms.